The van der Waals surface area contributed by atoms with Crippen molar-refractivity contribution >= 4 is 11.6 Å². The van der Waals surface area contributed by atoms with E-state index in [0.717, 1.165) is 30.4 Å². The Bertz CT molecular complexity index is 447. The van der Waals surface area contributed by atoms with E-state index >= 15 is 0 Å². The van der Waals surface area contributed by atoms with E-state index in [1.165, 1.54) is 6.42 Å². The Balaban J connectivity index is 1.73. The van der Waals surface area contributed by atoms with Gasteiger partial charge < -0.3 is 10.0 Å². The minimum absolute atomic E-state index is 0.197. The zero-order valence-electron chi connectivity index (χ0n) is 9.97. The topological polar surface area (TPSA) is 40.5 Å². The fraction of sp³-hybridized carbons (Fsp3) is 0.500. The maximum absolute atomic E-state index is 12.3. The zero-order valence-corrected chi connectivity index (χ0v) is 9.97. The van der Waals surface area contributed by atoms with Crippen LogP contribution < -0.4 is 4.90 Å². The molecule has 1 N–H and O–H groups in total. The first-order valence-electron chi connectivity index (χ1n) is 6.22. The molecule has 3 rings (SSSR count). The molecule has 0 aromatic heterocycles. The summed E-state index contributed by atoms with van der Waals surface area (Å²) in [7, 11) is 1.79. The minimum Gasteiger partial charge on any atom is -0.508 e. The van der Waals surface area contributed by atoms with Crippen molar-refractivity contribution in [2.24, 2.45) is 17.8 Å². The number of benzene rings is 1. The number of phenols is 1. The van der Waals surface area contributed by atoms with Crippen molar-refractivity contribution in [2.45, 2.75) is 19.3 Å². The molecule has 3 heteroatoms. The van der Waals surface area contributed by atoms with Gasteiger partial charge >= 0.3 is 0 Å². The number of fused-ring (bicyclic) bond motifs is 1. The molecule has 17 heavy (non-hydrogen) atoms. The van der Waals surface area contributed by atoms with Gasteiger partial charge in [-0.1, -0.05) is 6.07 Å². The van der Waals surface area contributed by atoms with Crippen LogP contribution in [0, 0.1) is 17.8 Å². The first-order valence-corrected chi connectivity index (χ1v) is 6.22. The summed E-state index contributed by atoms with van der Waals surface area (Å²) in [5, 5.41) is 9.42. The largest absolute Gasteiger partial charge is 0.508 e. The quantitative estimate of drug-likeness (QED) is 0.849. The van der Waals surface area contributed by atoms with Crippen LogP contribution in [0.1, 0.15) is 19.3 Å². The van der Waals surface area contributed by atoms with Crippen molar-refractivity contribution in [1.82, 2.24) is 0 Å². The summed E-state index contributed by atoms with van der Waals surface area (Å²) >= 11 is 0. The molecule has 2 aliphatic rings. The van der Waals surface area contributed by atoms with Gasteiger partial charge in [0.25, 0.3) is 0 Å². The lowest BCUT2D eigenvalue weighted by atomic mass is 10.0. The number of hydrogen-bond acceptors (Lipinski definition) is 2. The maximum Gasteiger partial charge on any atom is 0.229 e. The molecular formula is C14H17NO2. The van der Waals surface area contributed by atoms with E-state index < -0.39 is 0 Å². The fourth-order valence-electron chi connectivity index (χ4n) is 3.02. The highest BCUT2D eigenvalue weighted by Crippen LogP contribution is 2.54. The summed E-state index contributed by atoms with van der Waals surface area (Å²) in [6.07, 6.45) is 3.46. The summed E-state index contributed by atoms with van der Waals surface area (Å²) in [6.45, 7) is 0. The molecule has 1 aromatic carbocycles. The Morgan fingerprint density at radius 1 is 1.29 bits per heavy atom. The van der Waals surface area contributed by atoms with Crippen molar-refractivity contribution in [1.29, 1.82) is 0 Å². The molecule has 0 radical (unpaired) electrons. The van der Waals surface area contributed by atoms with Gasteiger partial charge in [0.2, 0.25) is 5.91 Å². The monoisotopic (exact) mass is 231 g/mol. The molecule has 90 valence electrons. The SMILES string of the molecule is CN(C(=O)C1CC2CC2C1)c1cccc(O)c1. The van der Waals surface area contributed by atoms with Gasteiger partial charge in [0.15, 0.2) is 0 Å². The molecular weight excluding hydrogens is 214 g/mol. The van der Waals surface area contributed by atoms with Gasteiger partial charge in [0.1, 0.15) is 5.75 Å². The molecule has 2 aliphatic carbocycles. The summed E-state index contributed by atoms with van der Waals surface area (Å²) in [6, 6.07) is 6.87. The Hall–Kier alpha value is -1.51. The number of nitrogens with zero attached hydrogens (tertiary/aromatic N) is 1. The molecule has 1 amide bonds. The van der Waals surface area contributed by atoms with E-state index in [1.807, 2.05) is 6.07 Å². The minimum atomic E-state index is 0.197. The van der Waals surface area contributed by atoms with Crippen LogP contribution in [0.5, 0.6) is 5.75 Å². The van der Waals surface area contributed by atoms with Gasteiger partial charge in [-0.15, -0.1) is 0 Å². The third-order valence-electron chi connectivity index (χ3n) is 4.14. The second-order valence-corrected chi connectivity index (χ2v) is 5.34. The molecule has 0 spiro atoms. The van der Waals surface area contributed by atoms with E-state index in [9.17, 15) is 9.90 Å². The van der Waals surface area contributed by atoms with E-state index in [1.54, 1.807) is 30.1 Å². The predicted molar refractivity (Wildman–Crippen MR) is 65.8 cm³/mol. The smallest absolute Gasteiger partial charge is 0.229 e. The summed E-state index contributed by atoms with van der Waals surface area (Å²) in [4.78, 5) is 13.9. The standard InChI is InChI=1S/C14H17NO2/c1-15(12-3-2-4-13(16)8-12)14(17)11-6-9-5-10(9)7-11/h2-4,8-11,16H,5-7H2,1H3. The molecule has 2 saturated carbocycles. The highest BCUT2D eigenvalue weighted by molar-refractivity contribution is 5.95. The molecule has 2 atom stereocenters. The normalized spacial score (nSPS) is 29.8. The highest BCUT2D eigenvalue weighted by Gasteiger charge is 2.48. The summed E-state index contributed by atoms with van der Waals surface area (Å²) in [5.74, 6) is 2.24. The Labute approximate surface area is 101 Å². The van der Waals surface area contributed by atoms with Gasteiger partial charge in [-0.25, -0.2) is 0 Å². The molecule has 0 bridgehead atoms. The van der Waals surface area contributed by atoms with Crippen molar-refractivity contribution < 1.29 is 9.90 Å². The fourth-order valence-corrected chi connectivity index (χ4v) is 3.02. The Morgan fingerprint density at radius 3 is 2.65 bits per heavy atom. The lowest BCUT2D eigenvalue weighted by molar-refractivity contribution is -0.122. The van der Waals surface area contributed by atoms with Gasteiger partial charge in [-0.2, -0.15) is 0 Å². The lowest BCUT2D eigenvalue weighted by Crippen LogP contribution is -2.32. The number of hydrogen-bond donors (Lipinski definition) is 1. The van der Waals surface area contributed by atoms with Crippen LogP contribution in [-0.4, -0.2) is 18.1 Å². The van der Waals surface area contributed by atoms with Crippen molar-refractivity contribution in [2.75, 3.05) is 11.9 Å². The molecule has 2 unspecified atom stereocenters. The van der Waals surface area contributed by atoms with Crippen molar-refractivity contribution in [3.63, 3.8) is 0 Å². The number of amides is 1. The molecule has 2 fully saturated rings. The van der Waals surface area contributed by atoms with Gasteiger partial charge in [0.05, 0.1) is 0 Å². The number of aromatic hydroxyl groups is 1. The van der Waals surface area contributed by atoms with Gasteiger partial charge in [-0.05, 0) is 43.2 Å². The van der Waals surface area contributed by atoms with E-state index in [4.69, 9.17) is 0 Å². The Morgan fingerprint density at radius 2 is 2.00 bits per heavy atom. The lowest BCUT2D eigenvalue weighted by Gasteiger charge is -2.22. The van der Waals surface area contributed by atoms with Crippen LogP contribution in [0.25, 0.3) is 0 Å². The molecule has 0 saturated heterocycles. The maximum atomic E-state index is 12.3. The molecule has 3 nitrogen and oxygen atoms in total. The van der Waals surface area contributed by atoms with E-state index in [2.05, 4.69) is 0 Å². The van der Waals surface area contributed by atoms with Gasteiger partial charge in [0, 0.05) is 24.7 Å². The van der Waals surface area contributed by atoms with Crippen LogP contribution in [0.3, 0.4) is 0 Å². The van der Waals surface area contributed by atoms with Crippen molar-refractivity contribution in [3.8, 4) is 5.75 Å². The average molecular weight is 231 g/mol. The summed E-state index contributed by atoms with van der Waals surface area (Å²) in [5.41, 5.74) is 0.774. The van der Waals surface area contributed by atoms with Crippen LogP contribution in [0.4, 0.5) is 5.69 Å². The number of anilines is 1. The average Bonchev–Trinajstić information content (AvgIpc) is 2.94. The third kappa shape index (κ3) is 1.90. The number of rotatable bonds is 2. The molecule has 0 aliphatic heterocycles. The van der Waals surface area contributed by atoms with E-state index in [-0.39, 0.29) is 17.6 Å². The van der Waals surface area contributed by atoms with Crippen molar-refractivity contribution in [3.05, 3.63) is 24.3 Å². The second-order valence-electron chi connectivity index (χ2n) is 5.34. The summed E-state index contributed by atoms with van der Waals surface area (Å²) < 4.78 is 0. The first-order chi connectivity index (χ1) is 8.15. The number of phenolic OH excluding ortho intramolecular Hbond substituents is 1. The van der Waals surface area contributed by atoms with Crippen LogP contribution in [-0.2, 0) is 4.79 Å². The first kappa shape index (κ1) is 10.6. The predicted octanol–water partition coefficient (Wildman–Crippen LogP) is 2.40. The third-order valence-corrected chi connectivity index (χ3v) is 4.14. The van der Waals surface area contributed by atoms with Crippen LogP contribution in [0.2, 0.25) is 0 Å². The molecule has 1 aromatic rings. The molecule has 0 heterocycles. The second kappa shape index (κ2) is 3.76. The van der Waals surface area contributed by atoms with Crippen LogP contribution >= 0.6 is 0 Å². The van der Waals surface area contributed by atoms with E-state index in [0.29, 0.717) is 0 Å². The zero-order chi connectivity index (χ0) is 12.0. The highest BCUT2D eigenvalue weighted by atomic mass is 16.3. The van der Waals surface area contributed by atoms with Crippen LogP contribution in [0.15, 0.2) is 24.3 Å². The number of carbonyl (C=O) groups is 1. The Kier molecular flexibility index (Phi) is 2.35. The number of carbonyl (C=O) groups excluding carboxylic acids is 1. The van der Waals surface area contributed by atoms with Gasteiger partial charge in [-0.3, -0.25) is 4.79 Å².